The number of piperazine rings is 1. The number of aliphatic imine (C=N–C) groups is 1. The van der Waals surface area contributed by atoms with E-state index < -0.39 is 14.6 Å². The van der Waals surface area contributed by atoms with Gasteiger partial charge in [0.1, 0.15) is 5.75 Å². The van der Waals surface area contributed by atoms with E-state index in [0.717, 1.165) is 56.8 Å². The summed E-state index contributed by atoms with van der Waals surface area (Å²) in [5.41, 5.74) is 2.75. The Morgan fingerprint density at radius 3 is 2.54 bits per heavy atom. The number of hydrogen-bond acceptors (Lipinski definition) is 9. The van der Waals surface area contributed by atoms with E-state index in [1.165, 1.54) is 0 Å². The number of phosphoric acid groups is 1. The van der Waals surface area contributed by atoms with E-state index in [4.69, 9.17) is 32.7 Å². The predicted octanol–water partition coefficient (Wildman–Crippen LogP) is 3.39. The van der Waals surface area contributed by atoms with Gasteiger partial charge in [-0.3, -0.25) is 4.90 Å². The predicted molar refractivity (Wildman–Crippen MR) is 142 cm³/mol. The first-order valence-corrected chi connectivity index (χ1v) is 14.0. The molecule has 2 aliphatic rings. The fourth-order valence-electron chi connectivity index (χ4n) is 4.22. The molecular weight excluding hydrogens is 568 g/mol. The molecule has 0 unspecified atom stereocenters. The molecule has 1 fully saturated rings. The van der Waals surface area contributed by atoms with Crippen molar-refractivity contribution in [1.29, 1.82) is 0 Å². The Morgan fingerprint density at radius 1 is 1.00 bits per heavy atom. The van der Waals surface area contributed by atoms with Gasteiger partial charge in [-0.2, -0.15) is 0 Å². The fraction of sp³-hybridized carbons (Fsp3) is 0.458. The van der Waals surface area contributed by atoms with Crippen LogP contribution in [0.5, 0.6) is 5.75 Å². The van der Waals surface area contributed by atoms with Crippen LogP contribution < -0.4 is 19.4 Å². The molecule has 2 aliphatic heterocycles. The van der Waals surface area contributed by atoms with E-state index in [-0.39, 0.29) is 37.7 Å². The maximum atomic E-state index is 10.5. The van der Waals surface area contributed by atoms with Crippen molar-refractivity contribution in [2.45, 2.75) is 25.7 Å². The van der Waals surface area contributed by atoms with E-state index in [1.54, 1.807) is 6.07 Å². The number of benzene rings is 2. The second-order valence-electron chi connectivity index (χ2n) is 8.59. The second kappa shape index (κ2) is 14.7. The van der Waals surface area contributed by atoms with Crippen molar-refractivity contribution in [3.05, 3.63) is 52.0 Å². The van der Waals surface area contributed by atoms with Crippen LogP contribution in [-0.4, -0.2) is 94.7 Å². The van der Waals surface area contributed by atoms with E-state index >= 15 is 0 Å². The molecule has 4 rings (SSSR count). The molecule has 37 heavy (non-hydrogen) atoms. The van der Waals surface area contributed by atoms with Crippen molar-refractivity contribution in [1.82, 2.24) is 4.90 Å². The van der Waals surface area contributed by atoms with Crippen LogP contribution in [0.15, 0.2) is 41.4 Å². The molecule has 1 saturated heterocycles. The number of ether oxygens (including phenoxy) is 2. The molecule has 0 N–H and O–H groups in total. The number of rotatable bonds is 10. The Kier molecular flexibility index (Phi) is 12.3. The minimum absolute atomic E-state index is 0. The van der Waals surface area contributed by atoms with Gasteiger partial charge in [-0.05, 0) is 49.6 Å². The summed E-state index contributed by atoms with van der Waals surface area (Å²) in [5, 5.41) is 1.20. The molecule has 0 aromatic heterocycles. The molecule has 0 radical (unpaired) electrons. The quantitative estimate of drug-likeness (QED) is 0.178. The third-order valence-corrected chi connectivity index (χ3v) is 7.36. The maximum Gasteiger partial charge on any atom is 2.00 e. The van der Waals surface area contributed by atoms with Crippen LogP contribution in [0.4, 0.5) is 11.4 Å². The number of nitrogens with zero attached hydrogens (tertiary/aromatic N) is 3. The summed E-state index contributed by atoms with van der Waals surface area (Å²) in [6.45, 7) is 4.72. The molecule has 0 spiro atoms. The number of anilines is 1. The average molecular weight is 596 g/mol. The molecule has 0 amide bonds. The van der Waals surface area contributed by atoms with Gasteiger partial charge in [-0.1, -0.05) is 35.3 Å². The summed E-state index contributed by atoms with van der Waals surface area (Å²) in [6, 6.07) is 11.5. The van der Waals surface area contributed by atoms with Gasteiger partial charge >= 0.3 is 37.7 Å². The monoisotopic (exact) mass is 595 g/mol. The second-order valence-corrected chi connectivity index (χ2v) is 10.5. The molecule has 0 atom stereocenters. The summed E-state index contributed by atoms with van der Waals surface area (Å²) in [7, 11) is -5.07. The molecule has 196 valence electrons. The van der Waals surface area contributed by atoms with Crippen LogP contribution in [0.1, 0.15) is 24.8 Å². The topological polar surface area (TPSA) is 110 Å². The van der Waals surface area contributed by atoms with Gasteiger partial charge in [0.15, 0.2) is 12.7 Å². The summed E-state index contributed by atoms with van der Waals surface area (Å²) in [6.07, 6.45) is 3.15. The summed E-state index contributed by atoms with van der Waals surface area (Å²) < 4.78 is 25.7. The van der Waals surface area contributed by atoms with Gasteiger partial charge in [-0.15, -0.1) is 0 Å². The Morgan fingerprint density at radius 2 is 1.78 bits per heavy atom. The van der Waals surface area contributed by atoms with Crippen LogP contribution >= 0.6 is 31.0 Å². The number of fused-ring (bicyclic) bond motifs is 1. The largest absolute Gasteiger partial charge is 2.00 e. The zero-order valence-corrected chi connectivity index (χ0v) is 25.1. The standard InChI is InChI=1S/C24H30Cl2N3O6P.Ca/c25-20-4-3-5-22(24(20)26)29-13-11-28(12-14-29)10-1-2-15-33-19-8-6-18-7-9-23(27-21(18)16-19)34-17-35-36(30,31)32;/h3-6,8,16H,1-2,7,9-15,17H2,(H2,30,31,32);/q;+2/p-2. The first kappa shape index (κ1) is 31.0. The van der Waals surface area contributed by atoms with Gasteiger partial charge in [0.2, 0.25) is 0 Å². The molecule has 0 saturated carbocycles. The molecule has 13 heteroatoms. The first-order chi connectivity index (χ1) is 17.3. The molecule has 0 bridgehead atoms. The SMILES string of the molecule is O=P([O-])([O-])OCOC1=Nc2cc(OCCCCN3CCN(c4cccc(Cl)c4Cl)CC3)ccc2CC1.[Ca+2]. The van der Waals surface area contributed by atoms with Crippen LogP contribution in [0.25, 0.3) is 0 Å². The zero-order valence-electron chi connectivity index (χ0n) is 20.4. The molecule has 2 aromatic rings. The minimum atomic E-state index is -5.07. The summed E-state index contributed by atoms with van der Waals surface area (Å²) >= 11 is 12.5. The van der Waals surface area contributed by atoms with Crippen molar-refractivity contribution in [3.8, 4) is 5.75 Å². The van der Waals surface area contributed by atoms with Crippen LogP contribution in [0, 0.1) is 0 Å². The zero-order chi connectivity index (χ0) is 25.5. The summed E-state index contributed by atoms with van der Waals surface area (Å²) in [5.74, 6) is 1.04. The number of aryl methyl sites for hydroxylation is 1. The van der Waals surface area contributed by atoms with E-state index in [9.17, 15) is 14.4 Å². The Bertz CT molecular complexity index is 1130. The third-order valence-electron chi connectivity index (χ3n) is 6.13. The Hall–Kier alpha value is -0.580. The van der Waals surface area contributed by atoms with Gasteiger partial charge < -0.3 is 33.2 Å². The van der Waals surface area contributed by atoms with Crippen molar-refractivity contribution in [2.75, 3.05) is 51.0 Å². The molecular formula is C24H28CaCl2N3O6P. The van der Waals surface area contributed by atoms with Crippen molar-refractivity contribution < 1.29 is 28.3 Å². The number of unbranched alkanes of at least 4 members (excludes halogenated alkanes) is 1. The van der Waals surface area contributed by atoms with Crippen molar-refractivity contribution >= 4 is 86.0 Å². The Balaban J connectivity index is 0.00000380. The van der Waals surface area contributed by atoms with Gasteiger partial charge in [0.25, 0.3) is 0 Å². The van der Waals surface area contributed by atoms with Crippen LogP contribution in [0.3, 0.4) is 0 Å². The van der Waals surface area contributed by atoms with Crippen molar-refractivity contribution in [3.63, 3.8) is 0 Å². The number of phosphoric ester groups is 1. The smallest absolute Gasteiger partial charge is 0.790 e. The molecule has 9 nitrogen and oxygen atoms in total. The molecule has 2 heterocycles. The van der Waals surface area contributed by atoms with E-state index in [2.05, 4.69) is 19.3 Å². The van der Waals surface area contributed by atoms with Crippen molar-refractivity contribution in [2.24, 2.45) is 4.99 Å². The fourth-order valence-corrected chi connectivity index (χ4v) is 4.82. The number of hydrogen-bond donors (Lipinski definition) is 0. The molecule has 2 aromatic carbocycles. The van der Waals surface area contributed by atoms with Gasteiger partial charge in [0.05, 0.1) is 35.8 Å². The van der Waals surface area contributed by atoms with Crippen LogP contribution in [0.2, 0.25) is 10.0 Å². The average Bonchev–Trinajstić information content (AvgIpc) is 2.85. The number of halogens is 2. The summed E-state index contributed by atoms with van der Waals surface area (Å²) in [4.78, 5) is 30.2. The maximum absolute atomic E-state index is 10.5. The van der Waals surface area contributed by atoms with Gasteiger partial charge in [0, 0.05) is 38.7 Å². The van der Waals surface area contributed by atoms with Gasteiger partial charge in [-0.25, -0.2) is 4.99 Å². The normalized spacial score (nSPS) is 16.0. The first-order valence-electron chi connectivity index (χ1n) is 11.8. The van der Waals surface area contributed by atoms with E-state index in [1.807, 2.05) is 30.3 Å². The minimum Gasteiger partial charge on any atom is -0.790 e. The van der Waals surface area contributed by atoms with E-state index in [0.29, 0.717) is 46.8 Å². The third kappa shape index (κ3) is 9.53. The van der Waals surface area contributed by atoms with Crippen LogP contribution in [-0.2, 0) is 20.2 Å². The molecule has 0 aliphatic carbocycles. The Labute approximate surface area is 256 Å².